The second-order valence-corrected chi connectivity index (χ2v) is 9.95. The molecule has 1 aromatic rings. The number of carbonyl (C=O) groups excluding carboxylic acids is 1. The Balaban J connectivity index is 1.78. The minimum Gasteiger partial charge on any atom is -0.392 e. The average Bonchev–Trinajstić information content (AvgIpc) is 3.52. The van der Waals surface area contributed by atoms with E-state index in [1.807, 2.05) is 6.92 Å². The second kappa shape index (κ2) is 13.6. The van der Waals surface area contributed by atoms with Crippen molar-refractivity contribution >= 4 is 17.6 Å². The lowest BCUT2D eigenvalue weighted by Gasteiger charge is -2.24. The van der Waals surface area contributed by atoms with Crippen LogP contribution in [-0.4, -0.2) is 41.2 Å². The van der Waals surface area contributed by atoms with Crippen LogP contribution in [0.4, 0.5) is 5.69 Å². The van der Waals surface area contributed by atoms with E-state index < -0.39 is 6.10 Å². The SMILES string of the molecule is CCCC[C@H](C)CN[C@@H](Cc1ccc(NC2(CCCCC(=O)N=C(N)N)CC2)cc1)C(C)O. The number of rotatable bonds is 16. The van der Waals surface area contributed by atoms with Crippen LogP contribution >= 0.6 is 0 Å². The van der Waals surface area contributed by atoms with Gasteiger partial charge in [-0.3, -0.25) is 4.79 Å². The van der Waals surface area contributed by atoms with E-state index in [0.29, 0.717) is 12.3 Å². The molecule has 0 aliphatic heterocycles. The number of unbranched alkanes of at least 4 members (excludes halogenated alkanes) is 2. The quantitative estimate of drug-likeness (QED) is 0.146. The maximum Gasteiger partial charge on any atom is 0.248 e. The zero-order valence-corrected chi connectivity index (χ0v) is 20.8. The molecule has 7 heteroatoms. The minimum absolute atomic E-state index is 0.0596. The zero-order valence-electron chi connectivity index (χ0n) is 20.8. The molecule has 7 N–H and O–H groups in total. The number of benzene rings is 1. The van der Waals surface area contributed by atoms with Gasteiger partial charge in [-0.1, -0.05) is 45.2 Å². The van der Waals surface area contributed by atoms with E-state index in [9.17, 15) is 9.90 Å². The number of hydrogen-bond donors (Lipinski definition) is 5. The van der Waals surface area contributed by atoms with Gasteiger partial charge >= 0.3 is 0 Å². The van der Waals surface area contributed by atoms with E-state index in [1.165, 1.54) is 24.8 Å². The fourth-order valence-electron chi connectivity index (χ4n) is 4.23. The molecule has 1 unspecified atom stereocenters. The molecule has 1 fully saturated rings. The lowest BCUT2D eigenvalue weighted by Crippen LogP contribution is -2.42. The molecule has 7 nitrogen and oxygen atoms in total. The lowest BCUT2D eigenvalue weighted by molar-refractivity contribution is -0.117. The topological polar surface area (TPSA) is 126 Å². The first kappa shape index (κ1) is 27.1. The van der Waals surface area contributed by atoms with Gasteiger partial charge in [0.2, 0.25) is 5.91 Å². The molecule has 2 rings (SSSR count). The summed E-state index contributed by atoms with van der Waals surface area (Å²) in [5.41, 5.74) is 13.0. The largest absolute Gasteiger partial charge is 0.392 e. The van der Waals surface area contributed by atoms with E-state index in [2.05, 4.69) is 53.7 Å². The molecule has 0 saturated heterocycles. The molecular formula is C26H45N5O2. The number of nitrogens with zero attached hydrogens (tertiary/aromatic N) is 1. The van der Waals surface area contributed by atoms with E-state index >= 15 is 0 Å². The summed E-state index contributed by atoms with van der Waals surface area (Å²) in [4.78, 5) is 15.1. The van der Waals surface area contributed by atoms with Crippen molar-refractivity contribution in [2.75, 3.05) is 11.9 Å². The molecule has 33 heavy (non-hydrogen) atoms. The van der Waals surface area contributed by atoms with E-state index in [4.69, 9.17) is 11.5 Å². The number of carbonyl (C=O) groups is 1. The molecule has 1 aliphatic rings. The van der Waals surface area contributed by atoms with Crippen LogP contribution in [-0.2, 0) is 11.2 Å². The summed E-state index contributed by atoms with van der Waals surface area (Å²) in [5, 5.41) is 17.5. The second-order valence-electron chi connectivity index (χ2n) is 9.95. The summed E-state index contributed by atoms with van der Waals surface area (Å²) < 4.78 is 0. The number of amides is 1. The Kier molecular flexibility index (Phi) is 11.1. The van der Waals surface area contributed by atoms with Crippen LogP contribution in [0.3, 0.4) is 0 Å². The Bertz CT molecular complexity index is 740. The van der Waals surface area contributed by atoms with Crippen LogP contribution in [0.15, 0.2) is 29.3 Å². The number of aliphatic hydroxyl groups is 1. The number of nitrogens with one attached hydrogen (secondary N) is 2. The summed E-state index contributed by atoms with van der Waals surface area (Å²) in [6.07, 6.45) is 9.62. The highest BCUT2D eigenvalue weighted by Gasteiger charge is 2.41. The first-order valence-corrected chi connectivity index (χ1v) is 12.6. The van der Waals surface area contributed by atoms with Crippen LogP contribution in [0, 0.1) is 5.92 Å². The summed E-state index contributed by atoms with van der Waals surface area (Å²) >= 11 is 0. The molecule has 3 atom stereocenters. The van der Waals surface area contributed by atoms with E-state index in [-0.39, 0.29) is 23.4 Å². The third-order valence-corrected chi connectivity index (χ3v) is 6.58. The Morgan fingerprint density at radius 3 is 2.42 bits per heavy atom. The third kappa shape index (κ3) is 10.6. The van der Waals surface area contributed by atoms with Gasteiger partial charge in [-0.15, -0.1) is 0 Å². The Morgan fingerprint density at radius 1 is 1.15 bits per heavy atom. The first-order valence-electron chi connectivity index (χ1n) is 12.6. The molecule has 0 heterocycles. The fourth-order valence-corrected chi connectivity index (χ4v) is 4.23. The van der Waals surface area contributed by atoms with Gasteiger partial charge in [0, 0.05) is 23.7 Å². The maximum atomic E-state index is 11.6. The number of aliphatic imine (C=N–C) groups is 1. The summed E-state index contributed by atoms with van der Waals surface area (Å²) in [7, 11) is 0. The third-order valence-electron chi connectivity index (χ3n) is 6.58. The molecule has 1 aliphatic carbocycles. The van der Waals surface area contributed by atoms with Gasteiger partial charge in [0.05, 0.1) is 6.10 Å². The molecule has 1 saturated carbocycles. The number of nitrogens with two attached hydrogens (primary N) is 2. The summed E-state index contributed by atoms with van der Waals surface area (Å²) in [6, 6.07) is 8.65. The van der Waals surface area contributed by atoms with Gasteiger partial charge in [0.1, 0.15) is 0 Å². The predicted molar refractivity (Wildman–Crippen MR) is 137 cm³/mol. The van der Waals surface area contributed by atoms with Gasteiger partial charge in [-0.25, -0.2) is 0 Å². The van der Waals surface area contributed by atoms with Crippen molar-refractivity contribution in [3.63, 3.8) is 0 Å². The highest BCUT2D eigenvalue weighted by Crippen LogP contribution is 2.43. The molecule has 1 amide bonds. The van der Waals surface area contributed by atoms with Crippen LogP contribution in [0.2, 0.25) is 0 Å². The van der Waals surface area contributed by atoms with E-state index in [1.54, 1.807) is 0 Å². The Labute approximate surface area is 199 Å². The normalized spacial score (nSPS) is 17.1. The molecule has 1 aromatic carbocycles. The minimum atomic E-state index is -0.394. The maximum absolute atomic E-state index is 11.6. The van der Waals surface area contributed by atoms with Crippen molar-refractivity contribution in [1.82, 2.24) is 5.32 Å². The monoisotopic (exact) mass is 459 g/mol. The Morgan fingerprint density at radius 2 is 1.85 bits per heavy atom. The molecule has 0 spiro atoms. The summed E-state index contributed by atoms with van der Waals surface area (Å²) in [6.45, 7) is 7.31. The molecule has 0 aromatic heterocycles. The smallest absolute Gasteiger partial charge is 0.248 e. The lowest BCUT2D eigenvalue weighted by atomic mass is 9.99. The van der Waals surface area contributed by atoms with Gasteiger partial charge in [-0.05, 0) is 75.6 Å². The van der Waals surface area contributed by atoms with Crippen molar-refractivity contribution in [3.05, 3.63) is 29.8 Å². The molecule has 186 valence electrons. The number of guanidine groups is 1. The zero-order chi connectivity index (χ0) is 24.3. The highest BCUT2D eigenvalue weighted by atomic mass is 16.3. The molecule has 0 bridgehead atoms. The van der Waals surface area contributed by atoms with Crippen molar-refractivity contribution in [3.8, 4) is 0 Å². The number of anilines is 1. The van der Waals surface area contributed by atoms with Crippen molar-refractivity contribution in [1.29, 1.82) is 0 Å². The first-order chi connectivity index (χ1) is 15.7. The van der Waals surface area contributed by atoms with Gasteiger partial charge in [0.25, 0.3) is 0 Å². The highest BCUT2D eigenvalue weighted by molar-refractivity contribution is 5.91. The van der Waals surface area contributed by atoms with E-state index in [0.717, 1.165) is 50.8 Å². The van der Waals surface area contributed by atoms with Gasteiger partial charge in [-0.2, -0.15) is 4.99 Å². The molecular weight excluding hydrogens is 414 g/mol. The van der Waals surface area contributed by atoms with Crippen LogP contribution in [0.1, 0.15) is 84.1 Å². The number of hydrogen-bond acceptors (Lipinski definition) is 4. The van der Waals surface area contributed by atoms with Crippen LogP contribution < -0.4 is 22.1 Å². The standard InChI is InChI=1S/C26H45N5O2/c1-4-5-8-19(2)18-29-23(20(3)32)17-21-10-12-22(13-11-21)31-26(15-16-26)14-7-6-9-24(33)30-25(27)28/h10-13,19-20,23,29,31-32H,4-9,14-18H2,1-3H3,(H4,27,28,30,33)/t19-,20?,23-/m0/s1. The fraction of sp³-hybridized carbons (Fsp3) is 0.692. The van der Waals surface area contributed by atoms with Crippen LogP contribution in [0.25, 0.3) is 0 Å². The molecule has 0 radical (unpaired) electrons. The van der Waals surface area contributed by atoms with Crippen molar-refractivity contribution in [2.24, 2.45) is 22.4 Å². The van der Waals surface area contributed by atoms with Crippen molar-refractivity contribution < 1.29 is 9.90 Å². The Hall–Kier alpha value is -2.12. The van der Waals surface area contributed by atoms with Gasteiger partial charge < -0.3 is 27.2 Å². The summed E-state index contributed by atoms with van der Waals surface area (Å²) in [5.74, 6) is 0.210. The average molecular weight is 460 g/mol. The number of aliphatic hydroxyl groups excluding tert-OH is 1. The predicted octanol–water partition coefficient (Wildman–Crippen LogP) is 3.70. The van der Waals surface area contributed by atoms with Gasteiger partial charge in [0.15, 0.2) is 5.96 Å². The van der Waals surface area contributed by atoms with Crippen LogP contribution in [0.5, 0.6) is 0 Å². The van der Waals surface area contributed by atoms with Crippen molar-refractivity contribution in [2.45, 2.75) is 103 Å².